The molecule has 0 spiro atoms. The van der Waals surface area contributed by atoms with E-state index in [1.54, 1.807) is 18.2 Å². The molecule has 0 aromatic heterocycles. The Morgan fingerprint density at radius 3 is 2.04 bits per heavy atom. The first kappa shape index (κ1) is 33.3. The summed E-state index contributed by atoms with van der Waals surface area (Å²) >= 11 is 0. The number of nitro groups is 1. The van der Waals surface area contributed by atoms with Crippen molar-refractivity contribution in [2.75, 3.05) is 10.8 Å². The van der Waals surface area contributed by atoms with E-state index in [4.69, 9.17) is 0 Å². The monoisotopic (exact) mass is 654 g/mol. The molecule has 1 fully saturated rings. The lowest BCUT2D eigenvalue weighted by atomic mass is 10.0. The summed E-state index contributed by atoms with van der Waals surface area (Å²) in [5.41, 5.74) is 2.53. The Labute approximate surface area is 275 Å². The van der Waals surface area contributed by atoms with E-state index in [0.717, 1.165) is 46.7 Å². The topological polar surface area (TPSA) is 130 Å². The van der Waals surface area contributed by atoms with E-state index in [9.17, 15) is 28.1 Å². The number of sulfonamides is 1. The highest BCUT2D eigenvalue weighted by Crippen LogP contribution is 2.27. The van der Waals surface area contributed by atoms with Gasteiger partial charge in [0.05, 0.1) is 15.5 Å². The zero-order chi connectivity index (χ0) is 33.4. The molecule has 0 heterocycles. The number of benzene rings is 4. The summed E-state index contributed by atoms with van der Waals surface area (Å²) in [5.74, 6) is -0.889. The normalized spacial score (nSPS) is 13.9. The number of nitro benzene ring substituents is 1. The minimum absolute atomic E-state index is 0.00664. The van der Waals surface area contributed by atoms with Gasteiger partial charge in [-0.05, 0) is 55.2 Å². The van der Waals surface area contributed by atoms with E-state index in [-0.39, 0.29) is 41.2 Å². The Balaban J connectivity index is 1.56. The van der Waals surface area contributed by atoms with Crippen LogP contribution in [0.2, 0.25) is 0 Å². The SMILES string of the molecule is Cc1ccc(CN(C(=O)CN(c2ccc([N+](=O)[O-])cc2)S(=O)(=O)c2ccccc2)[C@@H](Cc2ccccc2)C(=O)NC2CCCC2)cc1. The van der Waals surface area contributed by atoms with Gasteiger partial charge in [-0.15, -0.1) is 0 Å². The molecule has 4 aromatic rings. The third-order valence-electron chi connectivity index (χ3n) is 8.40. The number of non-ortho nitro benzene ring substituents is 1. The number of nitrogens with zero attached hydrogens (tertiary/aromatic N) is 3. The van der Waals surface area contributed by atoms with Crippen molar-refractivity contribution in [2.24, 2.45) is 0 Å². The molecule has 0 unspecified atom stereocenters. The maximum absolute atomic E-state index is 14.6. The molecule has 0 bridgehead atoms. The van der Waals surface area contributed by atoms with Crippen LogP contribution < -0.4 is 9.62 Å². The summed E-state index contributed by atoms with van der Waals surface area (Å²) in [6.07, 6.45) is 3.97. The molecule has 2 amide bonds. The summed E-state index contributed by atoms with van der Waals surface area (Å²) < 4.78 is 29.1. The second kappa shape index (κ2) is 15.0. The average Bonchev–Trinajstić information content (AvgIpc) is 3.60. The Bertz CT molecular complexity index is 1780. The number of hydrogen-bond acceptors (Lipinski definition) is 6. The predicted molar refractivity (Wildman–Crippen MR) is 180 cm³/mol. The molecular formula is C36H38N4O6S. The van der Waals surface area contributed by atoms with Crippen molar-refractivity contribution in [3.8, 4) is 0 Å². The van der Waals surface area contributed by atoms with Crippen molar-refractivity contribution in [1.29, 1.82) is 0 Å². The van der Waals surface area contributed by atoms with Crippen LogP contribution in [0.3, 0.4) is 0 Å². The van der Waals surface area contributed by atoms with E-state index >= 15 is 0 Å². The van der Waals surface area contributed by atoms with Gasteiger partial charge in [-0.2, -0.15) is 0 Å². The van der Waals surface area contributed by atoms with Crippen LogP contribution in [0.1, 0.15) is 42.4 Å². The molecule has 1 aliphatic carbocycles. The quantitative estimate of drug-likeness (QED) is 0.143. The second-order valence-corrected chi connectivity index (χ2v) is 13.7. The summed E-state index contributed by atoms with van der Waals surface area (Å²) in [4.78, 5) is 40.8. The first-order valence-electron chi connectivity index (χ1n) is 15.6. The third-order valence-corrected chi connectivity index (χ3v) is 10.2. The number of carbonyl (C=O) groups is 2. The number of nitrogens with one attached hydrogen (secondary N) is 1. The second-order valence-electron chi connectivity index (χ2n) is 11.8. The maximum Gasteiger partial charge on any atom is 0.269 e. The van der Waals surface area contributed by atoms with Gasteiger partial charge in [-0.1, -0.05) is 91.2 Å². The fourth-order valence-electron chi connectivity index (χ4n) is 5.80. The molecule has 5 rings (SSSR count). The van der Waals surface area contributed by atoms with Gasteiger partial charge >= 0.3 is 0 Å². The first-order chi connectivity index (χ1) is 22.6. The number of aryl methyl sites for hydroxylation is 1. The third kappa shape index (κ3) is 8.42. The molecule has 0 aliphatic heterocycles. The Hall–Kier alpha value is -5.03. The molecular weight excluding hydrogens is 616 g/mol. The van der Waals surface area contributed by atoms with E-state index in [0.29, 0.717) is 0 Å². The lowest BCUT2D eigenvalue weighted by Crippen LogP contribution is -2.54. The highest BCUT2D eigenvalue weighted by molar-refractivity contribution is 7.92. The fraction of sp³-hybridized carbons (Fsp3) is 0.278. The molecule has 0 saturated heterocycles. The van der Waals surface area contributed by atoms with Gasteiger partial charge in [0.1, 0.15) is 12.6 Å². The van der Waals surface area contributed by atoms with Crippen LogP contribution in [0, 0.1) is 17.0 Å². The van der Waals surface area contributed by atoms with Gasteiger partial charge in [0.2, 0.25) is 11.8 Å². The van der Waals surface area contributed by atoms with Crippen molar-refractivity contribution in [2.45, 2.75) is 62.6 Å². The molecule has 0 radical (unpaired) electrons. The van der Waals surface area contributed by atoms with Crippen LogP contribution in [-0.2, 0) is 32.6 Å². The predicted octanol–water partition coefficient (Wildman–Crippen LogP) is 5.80. The highest BCUT2D eigenvalue weighted by atomic mass is 32.2. The average molecular weight is 655 g/mol. The zero-order valence-electron chi connectivity index (χ0n) is 26.2. The Kier molecular flexibility index (Phi) is 10.7. The van der Waals surface area contributed by atoms with E-state index in [2.05, 4.69) is 5.32 Å². The largest absolute Gasteiger partial charge is 0.352 e. The lowest BCUT2D eigenvalue weighted by molar-refractivity contribution is -0.384. The minimum Gasteiger partial charge on any atom is -0.352 e. The summed E-state index contributed by atoms with van der Waals surface area (Å²) in [6.45, 7) is 1.38. The molecule has 1 saturated carbocycles. The molecule has 1 aliphatic rings. The summed E-state index contributed by atoms with van der Waals surface area (Å²) in [7, 11) is -4.30. The maximum atomic E-state index is 14.6. The van der Waals surface area contributed by atoms with Crippen molar-refractivity contribution in [3.63, 3.8) is 0 Å². The summed E-state index contributed by atoms with van der Waals surface area (Å²) in [6, 6.07) is 28.8. The lowest BCUT2D eigenvalue weighted by Gasteiger charge is -2.34. The van der Waals surface area contributed by atoms with E-state index in [1.165, 1.54) is 41.3 Å². The minimum atomic E-state index is -4.30. The Morgan fingerprint density at radius 1 is 0.851 bits per heavy atom. The summed E-state index contributed by atoms with van der Waals surface area (Å²) in [5, 5.41) is 14.5. The number of amides is 2. The van der Waals surface area contributed by atoms with E-state index < -0.39 is 33.4 Å². The van der Waals surface area contributed by atoms with Crippen LogP contribution in [0.25, 0.3) is 0 Å². The first-order valence-corrected chi connectivity index (χ1v) is 17.1. The van der Waals surface area contributed by atoms with Crippen LogP contribution >= 0.6 is 0 Å². The van der Waals surface area contributed by atoms with Crippen molar-refractivity contribution < 1.29 is 22.9 Å². The zero-order valence-corrected chi connectivity index (χ0v) is 27.0. The Morgan fingerprint density at radius 2 is 1.45 bits per heavy atom. The number of carbonyl (C=O) groups excluding carboxylic acids is 2. The van der Waals surface area contributed by atoms with Crippen LogP contribution in [-0.4, -0.2) is 48.7 Å². The number of rotatable bonds is 13. The van der Waals surface area contributed by atoms with Gasteiger partial charge in [-0.25, -0.2) is 8.42 Å². The van der Waals surface area contributed by atoms with Crippen molar-refractivity contribution >= 4 is 33.2 Å². The van der Waals surface area contributed by atoms with Gasteiger partial charge in [0, 0.05) is 31.1 Å². The molecule has 11 heteroatoms. The molecule has 1 N–H and O–H groups in total. The number of anilines is 1. The van der Waals surface area contributed by atoms with Crippen LogP contribution in [0.15, 0.2) is 114 Å². The van der Waals surface area contributed by atoms with Crippen LogP contribution in [0.4, 0.5) is 11.4 Å². The van der Waals surface area contributed by atoms with Gasteiger partial charge in [-0.3, -0.25) is 24.0 Å². The molecule has 10 nitrogen and oxygen atoms in total. The molecule has 4 aromatic carbocycles. The number of hydrogen-bond donors (Lipinski definition) is 1. The smallest absolute Gasteiger partial charge is 0.269 e. The molecule has 1 atom stereocenters. The highest BCUT2D eigenvalue weighted by Gasteiger charge is 2.35. The molecule has 47 heavy (non-hydrogen) atoms. The van der Waals surface area contributed by atoms with E-state index in [1.807, 2.05) is 61.5 Å². The van der Waals surface area contributed by atoms with Gasteiger partial charge in [0.25, 0.3) is 15.7 Å². The standard InChI is InChI=1S/C36H38N4O6S/c1-27-16-18-29(19-17-27)25-38(34(24-28-10-4-2-5-11-28)36(42)37-30-12-8-9-13-30)35(41)26-39(31-20-22-32(23-21-31)40(43)44)47(45,46)33-14-6-3-7-15-33/h2-7,10-11,14-23,30,34H,8-9,12-13,24-26H2,1H3,(H,37,42)/t34-/m0/s1. The van der Waals surface area contributed by atoms with Gasteiger partial charge in [0.15, 0.2) is 0 Å². The molecule has 244 valence electrons. The van der Waals surface area contributed by atoms with Crippen molar-refractivity contribution in [3.05, 3.63) is 136 Å². The van der Waals surface area contributed by atoms with Crippen molar-refractivity contribution in [1.82, 2.24) is 10.2 Å². The fourth-order valence-corrected chi connectivity index (χ4v) is 7.24. The van der Waals surface area contributed by atoms with Crippen LogP contribution in [0.5, 0.6) is 0 Å². The van der Waals surface area contributed by atoms with Gasteiger partial charge < -0.3 is 10.2 Å².